The van der Waals surface area contributed by atoms with Gasteiger partial charge < -0.3 is 29.2 Å². The number of aryl methyl sites for hydroxylation is 1. The van der Waals surface area contributed by atoms with Gasteiger partial charge in [0.25, 0.3) is 5.56 Å². The van der Waals surface area contributed by atoms with Gasteiger partial charge in [0.2, 0.25) is 12.7 Å². The number of rotatable bonds is 4. The normalized spacial score (nSPS) is 16.1. The van der Waals surface area contributed by atoms with E-state index in [2.05, 4.69) is 6.07 Å². The van der Waals surface area contributed by atoms with Crippen molar-refractivity contribution in [3.63, 3.8) is 0 Å². The fourth-order valence-corrected chi connectivity index (χ4v) is 4.32. The molecular formula is C25H21N3O5. The lowest BCUT2D eigenvalue weighted by molar-refractivity contribution is 0.174. The molecule has 33 heavy (non-hydrogen) atoms. The molecule has 0 amide bonds. The maximum atomic E-state index is 13.8. The summed E-state index contributed by atoms with van der Waals surface area (Å²) in [6.45, 7) is 2.32. The fraction of sp³-hybridized carbons (Fsp3) is 0.200. The second-order valence-corrected chi connectivity index (χ2v) is 7.81. The summed E-state index contributed by atoms with van der Waals surface area (Å²) >= 11 is 0. The van der Waals surface area contributed by atoms with E-state index in [-0.39, 0.29) is 23.8 Å². The van der Waals surface area contributed by atoms with Gasteiger partial charge in [0, 0.05) is 17.3 Å². The number of nitrogens with two attached hydrogens (primary N) is 1. The van der Waals surface area contributed by atoms with Crippen LogP contribution in [0, 0.1) is 18.3 Å². The van der Waals surface area contributed by atoms with E-state index in [4.69, 9.17) is 24.7 Å². The second kappa shape index (κ2) is 7.95. The molecule has 2 aliphatic rings. The molecular weight excluding hydrogens is 422 g/mol. The zero-order chi connectivity index (χ0) is 23.1. The lowest BCUT2D eigenvalue weighted by atomic mass is 9.83. The number of allylic oxidation sites excluding steroid dienone is 1. The van der Waals surface area contributed by atoms with Crippen molar-refractivity contribution in [2.45, 2.75) is 19.4 Å². The number of fused-ring (bicyclic) bond motifs is 2. The highest BCUT2D eigenvalue weighted by molar-refractivity contribution is 5.58. The first kappa shape index (κ1) is 20.5. The summed E-state index contributed by atoms with van der Waals surface area (Å²) in [4.78, 5) is 13.8. The third-order valence-electron chi connectivity index (χ3n) is 5.92. The number of pyridine rings is 1. The van der Waals surface area contributed by atoms with Gasteiger partial charge >= 0.3 is 0 Å². The van der Waals surface area contributed by atoms with E-state index in [9.17, 15) is 10.1 Å². The Morgan fingerprint density at radius 2 is 1.94 bits per heavy atom. The van der Waals surface area contributed by atoms with Crippen molar-refractivity contribution < 1.29 is 18.9 Å². The maximum Gasteiger partial charge on any atom is 0.259 e. The second-order valence-electron chi connectivity index (χ2n) is 7.81. The zero-order valence-electron chi connectivity index (χ0n) is 18.1. The molecule has 5 rings (SSSR count). The minimum absolute atomic E-state index is 0.0202. The summed E-state index contributed by atoms with van der Waals surface area (Å²) < 4.78 is 23.8. The van der Waals surface area contributed by atoms with E-state index in [1.54, 1.807) is 23.8 Å². The fourth-order valence-electron chi connectivity index (χ4n) is 4.32. The number of methoxy groups -OCH3 is 1. The van der Waals surface area contributed by atoms with Crippen molar-refractivity contribution in [3.05, 3.63) is 92.7 Å². The Morgan fingerprint density at radius 3 is 2.73 bits per heavy atom. The van der Waals surface area contributed by atoms with E-state index in [0.717, 1.165) is 5.56 Å². The highest BCUT2D eigenvalue weighted by Crippen LogP contribution is 2.43. The van der Waals surface area contributed by atoms with Crippen LogP contribution in [0.15, 0.2) is 64.8 Å². The minimum Gasteiger partial charge on any atom is -0.496 e. The first-order valence-electron chi connectivity index (χ1n) is 10.3. The molecule has 0 fully saturated rings. The molecule has 2 aromatic carbocycles. The molecule has 0 bridgehead atoms. The SMILES string of the molecule is COc1ccccc1[C@H]1C(C#N)=C(N)Oc2cc(C)n(Cc3ccc4c(c3)OCO4)c(=O)c21. The summed E-state index contributed by atoms with van der Waals surface area (Å²) in [5, 5.41) is 9.88. The predicted octanol–water partition coefficient (Wildman–Crippen LogP) is 3.16. The van der Waals surface area contributed by atoms with Crippen molar-refractivity contribution >= 4 is 0 Å². The summed E-state index contributed by atoms with van der Waals surface area (Å²) in [6.07, 6.45) is 0. The van der Waals surface area contributed by atoms with Crippen molar-refractivity contribution in [1.29, 1.82) is 5.26 Å². The number of nitriles is 1. The molecule has 2 N–H and O–H groups in total. The smallest absolute Gasteiger partial charge is 0.259 e. The molecule has 3 aromatic rings. The minimum atomic E-state index is -0.717. The standard InChI is InChI=1S/C25H21N3O5/c1-14-9-21-23(25(29)28(14)12-15-7-8-19-20(10-15)32-13-31-19)22(17(11-26)24(27)33-21)16-5-3-4-6-18(16)30-2/h3-10,22H,12-13,27H2,1-2H3/t22-/m0/s1. The number of benzene rings is 2. The molecule has 0 radical (unpaired) electrons. The maximum absolute atomic E-state index is 13.8. The van der Waals surface area contributed by atoms with Crippen LogP contribution in [0.1, 0.15) is 28.3 Å². The predicted molar refractivity (Wildman–Crippen MR) is 119 cm³/mol. The van der Waals surface area contributed by atoms with Crippen molar-refractivity contribution in [1.82, 2.24) is 4.57 Å². The first-order chi connectivity index (χ1) is 16.0. The van der Waals surface area contributed by atoms with Gasteiger partial charge in [-0.1, -0.05) is 24.3 Å². The van der Waals surface area contributed by atoms with Crippen LogP contribution in [-0.2, 0) is 6.54 Å². The average Bonchev–Trinajstić information content (AvgIpc) is 3.29. The van der Waals surface area contributed by atoms with Gasteiger partial charge in [-0.25, -0.2) is 0 Å². The Bertz CT molecular complexity index is 1400. The van der Waals surface area contributed by atoms with Crippen LogP contribution in [0.4, 0.5) is 0 Å². The van der Waals surface area contributed by atoms with Crippen LogP contribution >= 0.6 is 0 Å². The molecule has 0 aliphatic carbocycles. The van der Waals surface area contributed by atoms with Gasteiger partial charge in [0.1, 0.15) is 23.1 Å². The first-order valence-corrected chi connectivity index (χ1v) is 10.3. The lowest BCUT2D eigenvalue weighted by Gasteiger charge is -2.28. The van der Waals surface area contributed by atoms with Crippen LogP contribution < -0.4 is 30.2 Å². The monoisotopic (exact) mass is 443 g/mol. The largest absolute Gasteiger partial charge is 0.496 e. The summed E-state index contributed by atoms with van der Waals surface area (Å²) in [6, 6.07) is 16.8. The molecule has 8 heteroatoms. The van der Waals surface area contributed by atoms with Crippen LogP contribution in [-0.4, -0.2) is 18.5 Å². The molecule has 0 spiro atoms. The van der Waals surface area contributed by atoms with Gasteiger partial charge in [-0.2, -0.15) is 5.26 Å². The zero-order valence-corrected chi connectivity index (χ0v) is 18.1. The molecule has 0 unspecified atom stereocenters. The van der Waals surface area contributed by atoms with Crippen LogP contribution in [0.5, 0.6) is 23.0 Å². The quantitative estimate of drug-likeness (QED) is 0.660. The summed E-state index contributed by atoms with van der Waals surface area (Å²) in [5.41, 5.74) is 8.59. The lowest BCUT2D eigenvalue weighted by Crippen LogP contribution is -2.33. The van der Waals surface area contributed by atoms with Gasteiger partial charge in [0.15, 0.2) is 11.5 Å². The highest BCUT2D eigenvalue weighted by atomic mass is 16.7. The van der Waals surface area contributed by atoms with Crippen LogP contribution in [0.25, 0.3) is 0 Å². The van der Waals surface area contributed by atoms with Crippen molar-refractivity contribution in [2.75, 3.05) is 13.9 Å². The molecule has 3 heterocycles. The third kappa shape index (κ3) is 3.34. The van der Waals surface area contributed by atoms with Gasteiger partial charge in [-0.15, -0.1) is 0 Å². The Hall–Kier alpha value is -4.38. The van der Waals surface area contributed by atoms with Crippen LogP contribution in [0.2, 0.25) is 0 Å². The van der Waals surface area contributed by atoms with Crippen molar-refractivity contribution in [2.24, 2.45) is 5.73 Å². The number of nitrogens with zero attached hydrogens (tertiary/aromatic N) is 2. The molecule has 0 saturated carbocycles. The number of aromatic nitrogens is 1. The van der Waals surface area contributed by atoms with Gasteiger partial charge in [-0.3, -0.25) is 4.79 Å². The number of hydrogen-bond donors (Lipinski definition) is 1. The molecule has 1 atom stereocenters. The molecule has 8 nitrogen and oxygen atoms in total. The number of hydrogen-bond acceptors (Lipinski definition) is 7. The van der Waals surface area contributed by atoms with Gasteiger partial charge in [0.05, 0.1) is 25.1 Å². The van der Waals surface area contributed by atoms with Crippen LogP contribution in [0.3, 0.4) is 0 Å². The average molecular weight is 443 g/mol. The molecule has 1 aromatic heterocycles. The van der Waals surface area contributed by atoms with E-state index >= 15 is 0 Å². The number of ether oxygens (including phenoxy) is 4. The van der Waals surface area contributed by atoms with Crippen molar-refractivity contribution in [3.8, 4) is 29.1 Å². The summed E-state index contributed by atoms with van der Waals surface area (Å²) in [5.74, 6) is 1.48. The molecule has 0 saturated heterocycles. The van der Waals surface area contributed by atoms with E-state index in [0.29, 0.717) is 46.4 Å². The Balaban J connectivity index is 1.67. The Kier molecular flexibility index (Phi) is 4.94. The third-order valence-corrected chi connectivity index (χ3v) is 5.92. The van der Waals surface area contributed by atoms with E-state index in [1.165, 1.54) is 0 Å². The topological polar surface area (TPSA) is 109 Å². The van der Waals surface area contributed by atoms with Gasteiger partial charge in [-0.05, 0) is 30.7 Å². The van der Waals surface area contributed by atoms with E-state index < -0.39 is 5.92 Å². The molecule has 2 aliphatic heterocycles. The Morgan fingerprint density at radius 1 is 1.15 bits per heavy atom. The van der Waals surface area contributed by atoms with E-state index in [1.807, 2.05) is 43.3 Å². The number of para-hydroxylation sites is 1. The Labute approximate surface area is 190 Å². The highest BCUT2D eigenvalue weighted by Gasteiger charge is 2.36. The molecule has 166 valence electrons. The summed E-state index contributed by atoms with van der Waals surface area (Å²) in [7, 11) is 1.55.